The van der Waals surface area contributed by atoms with Crippen molar-refractivity contribution in [2.75, 3.05) is 6.54 Å². The number of rotatable bonds is 5. The van der Waals surface area contributed by atoms with E-state index in [2.05, 4.69) is 16.6 Å². The molecule has 0 aromatic carbocycles. The van der Waals surface area contributed by atoms with Crippen molar-refractivity contribution in [3.8, 4) is 0 Å². The predicted molar refractivity (Wildman–Crippen MR) is 64.7 cm³/mol. The molecular weight excluding hydrogens is 238 g/mol. The summed E-state index contributed by atoms with van der Waals surface area (Å²) in [5.41, 5.74) is 6.23. The lowest BCUT2D eigenvalue weighted by Crippen LogP contribution is -2.29. The third-order valence-electron chi connectivity index (χ3n) is 3.11. The van der Waals surface area contributed by atoms with E-state index < -0.39 is 10.0 Å². The summed E-state index contributed by atoms with van der Waals surface area (Å²) in [6.07, 6.45) is 3.51. The van der Waals surface area contributed by atoms with Crippen LogP contribution >= 0.6 is 0 Å². The quantitative estimate of drug-likeness (QED) is 0.807. The molecule has 5 nitrogen and oxygen atoms in total. The van der Waals surface area contributed by atoms with E-state index >= 15 is 0 Å². The molecule has 1 heterocycles. The Morgan fingerprint density at radius 2 is 2.18 bits per heavy atom. The van der Waals surface area contributed by atoms with Crippen molar-refractivity contribution in [1.29, 1.82) is 0 Å². The van der Waals surface area contributed by atoms with Crippen molar-refractivity contribution >= 4 is 10.0 Å². The average molecular weight is 255 g/mol. The molecule has 2 rings (SSSR count). The van der Waals surface area contributed by atoms with Crippen LogP contribution < -0.4 is 10.5 Å². The Hall–Kier alpha value is -0.980. The molecule has 0 unspecified atom stereocenters. The van der Waals surface area contributed by atoms with Gasteiger partial charge in [-0.05, 0) is 30.4 Å². The number of sulfonamides is 1. The van der Waals surface area contributed by atoms with E-state index in [-0.39, 0.29) is 10.3 Å². The molecule has 1 aromatic heterocycles. The highest BCUT2D eigenvalue weighted by molar-refractivity contribution is 7.89. The molecule has 1 aliphatic carbocycles. The fourth-order valence-corrected chi connectivity index (χ4v) is 2.58. The van der Waals surface area contributed by atoms with Crippen LogP contribution in [0.15, 0.2) is 23.2 Å². The second-order valence-corrected chi connectivity index (χ2v) is 6.59. The van der Waals surface area contributed by atoms with Crippen LogP contribution in [0, 0.1) is 5.41 Å². The Labute approximate surface area is 101 Å². The Kier molecular flexibility index (Phi) is 3.20. The number of nitrogens with zero attached hydrogens (tertiary/aromatic N) is 1. The molecule has 0 spiro atoms. The van der Waals surface area contributed by atoms with Crippen LogP contribution in [0.5, 0.6) is 0 Å². The summed E-state index contributed by atoms with van der Waals surface area (Å²) in [6.45, 7) is 2.88. The third-order valence-corrected chi connectivity index (χ3v) is 4.50. The molecule has 6 heteroatoms. The van der Waals surface area contributed by atoms with Crippen LogP contribution in [0.2, 0.25) is 0 Å². The number of pyridine rings is 1. The number of nitrogens with two attached hydrogens (primary N) is 1. The SMILES string of the molecule is CC1(CNS(=O)(=O)c2ccc(CN)nc2)CC1. The number of hydrogen-bond donors (Lipinski definition) is 2. The van der Waals surface area contributed by atoms with Gasteiger partial charge >= 0.3 is 0 Å². The highest BCUT2D eigenvalue weighted by atomic mass is 32.2. The minimum absolute atomic E-state index is 0.150. The number of nitrogens with one attached hydrogen (secondary N) is 1. The highest BCUT2D eigenvalue weighted by Crippen LogP contribution is 2.44. The fraction of sp³-hybridized carbons (Fsp3) is 0.545. The Morgan fingerprint density at radius 3 is 2.65 bits per heavy atom. The molecule has 0 atom stereocenters. The zero-order valence-corrected chi connectivity index (χ0v) is 10.6. The maximum Gasteiger partial charge on any atom is 0.242 e. The van der Waals surface area contributed by atoms with E-state index in [4.69, 9.17) is 5.73 Å². The van der Waals surface area contributed by atoms with Gasteiger partial charge in [0, 0.05) is 19.3 Å². The maximum atomic E-state index is 11.9. The molecule has 1 fully saturated rings. The van der Waals surface area contributed by atoms with Gasteiger partial charge in [-0.2, -0.15) is 0 Å². The molecule has 0 radical (unpaired) electrons. The second kappa shape index (κ2) is 4.36. The van der Waals surface area contributed by atoms with Gasteiger partial charge in [-0.3, -0.25) is 4.98 Å². The summed E-state index contributed by atoms with van der Waals surface area (Å²) in [7, 11) is -3.43. The van der Waals surface area contributed by atoms with Gasteiger partial charge in [0.15, 0.2) is 0 Å². The van der Waals surface area contributed by atoms with Gasteiger partial charge in [-0.1, -0.05) is 6.92 Å². The van der Waals surface area contributed by atoms with E-state index in [0.29, 0.717) is 18.8 Å². The molecule has 17 heavy (non-hydrogen) atoms. The maximum absolute atomic E-state index is 11.9. The van der Waals surface area contributed by atoms with E-state index in [1.165, 1.54) is 12.3 Å². The van der Waals surface area contributed by atoms with Gasteiger partial charge in [0.05, 0.1) is 5.69 Å². The molecule has 0 aliphatic heterocycles. The molecule has 0 amide bonds. The summed E-state index contributed by atoms with van der Waals surface area (Å²) in [5, 5.41) is 0. The Morgan fingerprint density at radius 1 is 1.47 bits per heavy atom. The molecule has 0 saturated heterocycles. The van der Waals surface area contributed by atoms with E-state index in [9.17, 15) is 8.42 Å². The molecule has 1 aromatic rings. The summed E-state index contributed by atoms with van der Waals surface area (Å²) in [5.74, 6) is 0. The topological polar surface area (TPSA) is 85.1 Å². The lowest BCUT2D eigenvalue weighted by atomic mass is 10.2. The minimum atomic E-state index is -3.43. The zero-order valence-electron chi connectivity index (χ0n) is 9.81. The van der Waals surface area contributed by atoms with E-state index in [1.54, 1.807) is 6.07 Å². The smallest absolute Gasteiger partial charge is 0.242 e. The van der Waals surface area contributed by atoms with Crippen molar-refractivity contribution in [1.82, 2.24) is 9.71 Å². The molecule has 0 bridgehead atoms. The third kappa shape index (κ3) is 3.02. The van der Waals surface area contributed by atoms with Crippen molar-refractivity contribution in [3.63, 3.8) is 0 Å². The monoisotopic (exact) mass is 255 g/mol. The summed E-state index contributed by atoms with van der Waals surface area (Å²) >= 11 is 0. The van der Waals surface area contributed by atoms with Gasteiger partial charge in [0.1, 0.15) is 4.90 Å². The summed E-state index contributed by atoms with van der Waals surface area (Å²) in [6, 6.07) is 3.17. The van der Waals surface area contributed by atoms with E-state index in [0.717, 1.165) is 12.8 Å². The number of aromatic nitrogens is 1. The molecule has 3 N–H and O–H groups in total. The first kappa shape index (κ1) is 12.5. The fourth-order valence-electron chi connectivity index (χ4n) is 1.43. The Bertz CT molecular complexity index is 492. The van der Waals surface area contributed by atoms with Crippen LogP contribution in [0.25, 0.3) is 0 Å². The lowest BCUT2D eigenvalue weighted by Gasteiger charge is -2.10. The molecular formula is C11H17N3O2S. The summed E-state index contributed by atoms with van der Waals surface area (Å²) in [4.78, 5) is 4.17. The van der Waals surface area contributed by atoms with Gasteiger partial charge in [-0.25, -0.2) is 13.1 Å². The highest BCUT2D eigenvalue weighted by Gasteiger charge is 2.38. The van der Waals surface area contributed by atoms with Crippen LogP contribution in [-0.2, 0) is 16.6 Å². The van der Waals surface area contributed by atoms with Gasteiger partial charge < -0.3 is 5.73 Å². The second-order valence-electron chi connectivity index (χ2n) is 4.82. The first-order valence-electron chi connectivity index (χ1n) is 5.60. The molecule has 1 saturated carbocycles. The van der Waals surface area contributed by atoms with E-state index in [1.807, 2.05) is 0 Å². The molecule has 1 aliphatic rings. The van der Waals surface area contributed by atoms with Crippen molar-refractivity contribution < 1.29 is 8.42 Å². The average Bonchev–Trinajstić information content (AvgIpc) is 3.06. The van der Waals surface area contributed by atoms with Crippen molar-refractivity contribution in [3.05, 3.63) is 24.0 Å². The van der Waals surface area contributed by atoms with Crippen LogP contribution in [-0.4, -0.2) is 19.9 Å². The van der Waals surface area contributed by atoms with Gasteiger partial charge in [0.25, 0.3) is 0 Å². The first-order valence-corrected chi connectivity index (χ1v) is 7.08. The molecule has 94 valence electrons. The lowest BCUT2D eigenvalue weighted by molar-refractivity contribution is 0.530. The Balaban J connectivity index is 2.07. The summed E-state index contributed by atoms with van der Waals surface area (Å²) < 4.78 is 26.5. The van der Waals surface area contributed by atoms with Crippen LogP contribution in [0.3, 0.4) is 0 Å². The van der Waals surface area contributed by atoms with Crippen LogP contribution in [0.4, 0.5) is 0 Å². The number of hydrogen-bond acceptors (Lipinski definition) is 4. The minimum Gasteiger partial charge on any atom is -0.325 e. The standard InChI is InChI=1S/C11H17N3O2S/c1-11(4-5-11)8-14-17(15,16)10-3-2-9(6-12)13-7-10/h2-3,7,14H,4-6,8,12H2,1H3. The zero-order chi connectivity index (χ0) is 12.5. The van der Waals surface area contributed by atoms with Gasteiger partial charge in [0.2, 0.25) is 10.0 Å². The van der Waals surface area contributed by atoms with Gasteiger partial charge in [-0.15, -0.1) is 0 Å². The normalized spacial score (nSPS) is 18.0. The van der Waals surface area contributed by atoms with Crippen molar-refractivity contribution in [2.24, 2.45) is 11.1 Å². The van der Waals surface area contributed by atoms with Crippen molar-refractivity contribution in [2.45, 2.75) is 31.2 Å². The van der Waals surface area contributed by atoms with Crippen LogP contribution in [0.1, 0.15) is 25.5 Å². The first-order chi connectivity index (χ1) is 7.95. The predicted octanol–water partition coefficient (Wildman–Crippen LogP) is 0.619. The largest absolute Gasteiger partial charge is 0.325 e.